The molecule has 1 rings (SSSR count). The van der Waals surface area contributed by atoms with E-state index in [0.717, 1.165) is 0 Å². The predicted octanol–water partition coefficient (Wildman–Crippen LogP) is 4.10. The summed E-state index contributed by atoms with van der Waals surface area (Å²) in [6.07, 6.45) is 0. The fraction of sp³-hybridized carbons (Fsp3) is 0.500. The molecule has 18 heavy (non-hydrogen) atoms. The zero-order valence-corrected chi connectivity index (χ0v) is 13.4. The molecule has 0 radical (unpaired) electrons. The number of hydrogen-bond donors (Lipinski definition) is 0. The number of rotatable bonds is 4. The Morgan fingerprint density at radius 1 is 0.611 bits per heavy atom. The summed E-state index contributed by atoms with van der Waals surface area (Å²) in [5.74, 6) is -8.95. The Morgan fingerprint density at radius 2 is 0.889 bits per heavy atom. The van der Waals surface area contributed by atoms with Crippen LogP contribution in [0.2, 0.25) is 13.3 Å². The van der Waals surface area contributed by atoms with Crippen molar-refractivity contribution in [1.82, 2.24) is 0 Å². The third kappa shape index (κ3) is 2.25. The number of hydrogen-bond acceptors (Lipinski definition) is 0. The van der Waals surface area contributed by atoms with Crippen molar-refractivity contribution in [2.45, 2.75) is 34.1 Å². The van der Waals surface area contributed by atoms with Crippen LogP contribution in [0.25, 0.3) is 0 Å². The van der Waals surface area contributed by atoms with E-state index < -0.39 is 51.0 Å². The Labute approximate surface area is 107 Å². The van der Waals surface area contributed by atoms with Gasteiger partial charge in [0.25, 0.3) is 0 Å². The molecule has 102 valence electrons. The van der Waals surface area contributed by atoms with Gasteiger partial charge in [0.15, 0.2) is 0 Å². The second kappa shape index (κ2) is 5.75. The van der Waals surface area contributed by atoms with Gasteiger partial charge in [-0.25, -0.2) is 0 Å². The van der Waals surface area contributed by atoms with Crippen LogP contribution >= 0.6 is 0 Å². The molecule has 1 aromatic rings. The van der Waals surface area contributed by atoms with Gasteiger partial charge in [-0.05, 0) is 0 Å². The van der Waals surface area contributed by atoms with Crippen molar-refractivity contribution in [2.75, 3.05) is 0 Å². The first-order valence-electron chi connectivity index (χ1n) is 5.88. The van der Waals surface area contributed by atoms with Crippen LogP contribution in [0.1, 0.15) is 20.8 Å². The standard InChI is InChI=1S/C6F5.3C2H5.Sn/c7-2-1-3(8)5(10)6(11)4(2)9;3*1-2;/h;3*1H2,2H3;. The molecule has 0 aromatic heterocycles. The monoisotopic (exact) mass is 374 g/mol. The molecule has 6 heteroatoms. The molecule has 0 saturated carbocycles. The quantitative estimate of drug-likeness (QED) is 0.323. The first-order chi connectivity index (χ1) is 8.36. The molecule has 0 fully saturated rings. The Kier molecular flexibility index (Phi) is 5.03. The minimum atomic E-state index is -3.51. The van der Waals surface area contributed by atoms with Crippen molar-refractivity contribution in [3.8, 4) is 0 Å². The average Bonchev–Trinajstić information content (AvgIpc) is 2.39. The van der Waals surface area contributed by atoms with Gasteiger partial charge in [-0.15, -0.1) is 0 Å². The third-order valence-electron chi connectivity index (χ3n) is 3.77. The molecule has 0 heterocycles. The first kappa shape index (κ1) is 15.7. The van der Waals surface area contributed by atoms with Crippen LogP contribution in [-0.2, 0) is 0 Å². The van der Waals surface area contributed by atoms with E-state index in [9.17, 15) is 22.0 Å². The molecule has 0 N–H and O–H groups in total. The molecule has 0 spiro atoms. The molecule has 0 nitrogen and oxygen atoms in total. The van der Waals surface area contributed by atoms with Crippen LogP contribution in [0.3, 0.4) is 0 Å². The van der Waals surface area contributed by atoms with E-state index in [1.807, 2.05) is 0 Å². The van der Waals surface area contributed by atoms with Gasteiger partial charge in [-0.1, -0.05) is 0 Å². The van der Waals surface area contributed by atoms with Gasteiger partial charge in [0.1, 0.15) is 0 Å². The summed E-state index contributed by atoms with van der Waals surface area (Å²) in [4.78, 5) is 0. The molecule has 0 saturated heterocycles. The van der Waals surface area contributed by atoms with E-state index >= 15 is 0 Å². The van der Waals surface area contributed by atoms with Gasteiger partial charge in [-0.3, -0.25) is 0 Å². The summed E-state index contributed by atoms with van der Waals surface area (Å²) >= 11 is -3.51. The summed E-state index contributed by atoms with van der Waals surface area (Å²) in [5, 5.41) is 0. The molecule has 0 amide bonds. The Bertz CT molecular complexity index is 417. The summed E-state index contributed by atoms with van der Waals surface area (Å²) < 4.78 is 68.1. The summed E-state index contributed by atoms with van der Waals surface area (Å²) in [6.45, 7) is 5.30. The van der Waals surface area contributed by atoms with Crippen LogP contribution in [0.15, 0.2) is 0 Å². The fourth-order valence-corrected chi connectivity index (χ4v) is 12.9. The fourth-order valence-electron chi connectivity index (χ4n) is 2.35. The summed E-state index contributed by atoms with van der Waals surface area (Å²) in [7, 11) is 0. The van der Waals surface area contributed by atoms with E-state index in [2.05, 4.69) is 0 Å². The van der Waals surface area contributed by atoms with Crippen molar-refractivity contribution >= 4 is 22.0 Å². The zero-order chi connectivity index (χ0) is 14.1. The number of halogens is 5. The van der Waals surface area contributed by atoms with Crippen molar-refractivity contribution in [3.05, 3.63) is 29.1 Å². The maximum atomic E-state index is 13.8. The van der Waals surface area contributed by atoms with Crippen molar-refractivity contribution in [1.29, 1.82) is 0 Å². The molecular formula is C12H15F5Sn. The van der Waals surface area contributed by atoms with Gasteiger partial charge < -0.3 is 0 Å². The van der Waals surface area contributed by atoms with E-state index in [4.69, 9.17) is 0 Å². The topological polar surface area (TPSA) is 0 Å². The normalized spacial score (nSPS) is 12.0. The van der Waals surface area contributed by atoms with Crippen LogP contribution in [-0.4, -0.2) is 18.4 Å². The average molecular weight is 373 g/mol. The molecule has 0 aliphatic heterocycles. The third-order valence-corrected chi connectivity index (χ3v) is 19.6. The molecule has 0 aliphatic rings. The minimum absolute atomic E-state index is 0.479. The van der Waals surface area contributed by atoms with E-state index in [0.29, 0.717) is 13.3 Å². The Morgan fingerprint density at radius 3 is 1.17 bits per heavy atom. The Hall–Kier alpha value is -0.331. The van der Waals surface area contributed by atoms with Crippen LogP contribution in [0.5, 0.6) is 0 Å². The molecule has 0 bridgehead atoms. The maximum absolute atomic E-state index is 13.8. The second-order valence-electron chi connectivity index (χ2n) is 4.29. The van der Waals surface area contributed by atoms with Crippen LogP contribution in [0.4, 0.5) is 22.0 Å². The van der Waals surface area contributed by atoms with E-state index in [-0.39, 0.29) is 0 Å². The zero-order valence-electron chi connectivity index (χ0n) is 10.5. The Balaban J connectivity index is 3.69. The SMILES string of the molecule is C[CH2][Sn]([CH2]C)([CH2]C)[c]1c(F)c(F)c(F)c(F)c1F. The molecule has 0 atom stereocenters. The van der Waals surface area contributed by atoms with Gasteiger partial charge in [-0.2, -0.15) is 0 Å². The van der Waals surface area contributed by atoms with E-state index in [1.54, 1.807) is 20.8 Å². The van der Waals surface area contributed by atoms with Crippen LogP contribution < -0.4 is 3.58 Å². The summed E-state index contributed by atoms with van der Waals surface area (Å²) in [6, 6.07) is 0. The van der Waals surface area contributed by atoms with Crippen LogP contribution in [0, 0.1) is 29.1 Å². The van der Waals surface area contributed by atoms with Gasteiger partial charge >= 0.3 is 107 Å². The first-order valence-corrected chi connectivity index (χ1v) is 13.4. The van der Waals surface area contributed by atoms with Crippen molar-refractivity contribution in [2.24, 2.45) is 0 Å². The van der Waals surface area contributed by atoms with Gasteiger partial charge in [0.05, 0.1) is 0 Å². The van der Waals surface area contributed by atoms with Crippen molar-refractivity contribution < 1.29 is 22.0 Å². The molecule has 0 aliphatic carbocycles. The molecule has 0 unspecified atom stereocenters. The van der Waals surface area contributed by atoms with Crippen molar-refractivity contribution in [3.63, 3.8) is 0 Å². The summed E-state index contributed by atoms with van der Waals surface area (Å²) in [5.41, 5.74) is 0. The number of benzene rings is 1. The molecule has 1 aromatic carbocycles. The predicted molar refractivity (Wildman–Crippen MR) is 63.1 cm³/mol. The van der Waals surface area contributed by atoms with Gasteiger partial charge in [0, 0.05) is 0 Å². The van der Waals surface area contributed by atoms with E-state index in [1.165, 1.54) is 0 Å². The second-order valence-corrected chi connectivity index (χ2v) is 19.1. The molecular weight excluding hydrogens is 358 g/mol. The van der Waals surface area contributed by atoms with Gasteiger partial charge in [0.2, 0.25) is 0 Å².